The number of nitrogens with zero attached hydrogens (tertiary/aromatic N) is 4. The van der Waals surface area contributed by atoms with Gasteiger partial charge in [0.15, 0.2) is 0 Å². The standard InChI is InChI=1S/C24H32N4O5S/c1-16(2)21-22-20(28(24(21)31)34(4,32)33)9-10-27(22)23(30)19-7-5-18(6-8-19)15-25-11-13-26(14-12-25)17(3)29/h5-9,16,21-22H,10-15H2,1-4H3/t21-,22+/m1/s1. The zero-order chi connectivity index (χ0) is 24.8. The molecule has 184 valence electrons. The van der Waals surface area contributed by atoms with E-state index in [4.69, 9.17) is 0 Å². The number of piperazine rings is 1. The van der Waals surface area contributed by atoms with Gasteiger partial charge in [0.05, 0.1) is 23.9 Å². The Kier molecular flexibility index (Phi) is 6.56. The molecule has 0 aliphatic carbocycles. The van der Waals surface area contributed by atoms with E-state index in [1.807, 2.05) is 30.9 Å². The number of sulfonamides is 1. The Labute approximate surface area is 201 Å². The highest BCUT2D eigenvalue weighted by molar-refractivity contribution is 7.89. The maximum absolute atomic E-state index is 13.4. The number of benzene rings is 1. The van der Waals surface area contributed by atoms with Crippen LogP contribution < -0.4 is 0 Å². The summed E-state index contributed by atoms with van der Waals surface area (Å²) in [6.45, 7) is 9.41. The third-order valence-corrected chi connectivity index (χ3v) is 7.99. The highest BCUT2D eigenvalue weighted by atomic mass is 32.2. The number of amides is 3. The number of hydrogen-bond donors (Lipinski definition) is 0. The molecular weight excluding hydrogens is 456 g/mol. The van der Waals surface area contributed by atoms with Gasteiger partial charge < -0.3 is 9.80 Å². The van der Waals surface area contributed by atoms with Crippen molar-refractivity contribution < 1.29 is 22.8 Å². The van der Waals surface area contributed by atoms with Crippen molar-refractivity contribution in [2.24, 2.45) is 11.8 Å². The van der Waals surface area contributed by atoms with Gasteiger partial charge in [0, 0.05) is 51.8 Å². The lowest BCUT2D eigenvalue weighted by atomic mass is 9.89. The summed E-state index contributed by atoms with van der Waals surface area (Å²) >= 11 is 0. The molecule has 0 bridgehead atoms. The van der Waals surface area contributed by atoms with E-state index in [-0.39, 0.29) is 24.3 Å². The Hall–Kier alpha value is -2.72. The Balaban J connectivity index is 1.46. The van der Waals surface area contributed by atoms with Gasteiger partial charge in [-0.3, -0.25) is 19.3 Å². The van der Waals surface area contributed by atoms with E-state index in [0.29, 0.717) is 11.3 Å². The zero-order valence-electron chi connectivity index (χ0n) is 20.1. The SMILES string of the molecule is CC(=O)N1CCN(Cc2ccc(C(=O)N3CC=C4[C@H]3[C@@H](C(C)C)C(=O)N4S(C)(=O)=O)cc2)CC1. The van der Waals surface area contributed by atoms with Gasteiger partial charge >= 0.3 is 0 Å². The molecule has 2 saturated heterocycles. The van der Waals surface area contributed by atoms with Gasteiger partial charge in [-0.25, -0.2) is 12.7 Å². The number of fused-ring (bicyclic) bond motifs is 1. The topological polar surface area (TPSA) is 98.3 Å². The summed E-state index contributed by atoms with van der Waals surface area (Å²) < 4.78 is 25.5. The molecule has 0 spiro atoms. The van der Waals surface area contributed by atoms with Crippen molar-refractivity contribution in [3.63, 3.8) is 0 Å². The molecule has 0 unspecified atom stereocenters. The van der Waals surface area contributed by atoms with Crippen LogP contribution in [0.1, 0.15) is 36.7 Å². The van der Waals surface area contributed by atoms with Crippen LogP contribution in [0.2, 0.25) is 0 Å². The third-order valence-electron chi connectivity index (χ3n) is 6.93. The van der Waals surface area contributed by atoms with Crippen LogP contribution in [0.5, 0.6) is 0 Å². The summed E-state index contributed by atoms with van der Waals surface area (Å²) in [6.07, 6.45) is 2.70. The lowest BCUT2D eigenvalue weighted by Gasteiger charge is -2.34. The molecule has 2 fully saturated rings. The molecule has 9 nitrogen and oxygen atoms in total. The highest BCUT2D eigenvalue weighted by Crippen LogP contribution is 2.41. The molecule has 3 aliphatic rings. The smallest absolute Gasteiger partial charge is 0.254 e. The predicted octanol–water partition coefficient (Wildman–Crippen LogP) is 1.13. The van der Waals surface area contributed by atoms with E-state index in [9.17, 15) is 22.8 Å². The summed E-state index contributed by atoms with van der Waals surface area (Å²) in [4.78, 5) is 43.6. The van der Waals surface area contributed by atoms with Crippen molar-refractivity contribution >= 4 is 27.7 Å². The van der Waals surface area contributed by atoms with Gasteiger partial charge in [-0.2, -0.15) is 0 Å². The number of carbonyl (C=O) groups is 3. The number of hydrogen-bond acceptors (Lipinski definition) is 6. The normalized spacial score (nSPS) is 23.5. The monoisotopic (exact) mass is 488 g/mol. The fourth-order valence-electron chi connectivity index (χ4n) is 5.18. The second kappa shape index (κ2) is 9.14. The molecule has 0 saturated carbocycles. The highest BCUT2D eigenvalue weighted by Gasteiger charge is 2.54. The van der Waals surface area contributed by atoms with Gasteiger partial charge in [0.25, 0.3) is 5.91 Å². The predicted molar refractivity (Wildman–Crippen MR) is 127 cm³/mol. The average Bonchev–Trinajstić information content (AvgIpc) is 3.30. The van der Waals surface area contributed by atoms with Crippen molar-refractivity contribution in [2.45, 2.75) is 33.4 Å². The second-order valence-electron chi connectivity index (χ2n) is 9.65. The second-order valence-corrected chi connectivity index (χ2v) is 11.5. The van der Waals surface area contributed by atoms with Crippen LogP contribution >= 0.6 is 0 Å². The zero-order valence-corrected chi connectivity index (χ0v) is 20.9. The maximum Gasteiger partial charge on any atom is 0.254 e. The van der Waals surface area contributed by atoms with Crippen molar-refractivity contribution in [2.75, 3.05) is 39.0 Å². The minimum Gasteiger partial charge on any atom is -0.340 e. The maximum atomic E-state index is 13.4. The van der Waals surface area contributed by atoms with Crippen LogP contribution in [0.15, 0.2) is 36.0 Å². The molecule has 3 amide bonds. The molecule has 1 aromatic rings. The van der Waals surface area contributed by atoms with E-state index in [1.165, 1.54) is 0 Å². The fraction of sp³-hybridized carbons (Fsp3) is 0.542. The molecule has 34 heavy (non-hydrogen) atoms. The number of carbonyl (C=O) groups excluding carboxylic acids is 3. The summed E-state index contributed by atoms with van der Waals surface area (Å²) in [5.41, 5.74) is 1.97. The molecular formula is C24H32N4O5S. The van der Waals surface area contributed by atoms with Gasteiger partial charge in [0.1, 0.15) is 0 Å². The first-order chi connectivity index (χ1) is 16.0. The van der Waals surface area contributed by atoms with E-state index in [0.717, 1.165) is 48.8 Å². The Morgan fingerprint density at radius 2 is 1.68 bits per heavy atom. The molecule has 4 rings (SSSR count). The van der Waals surface area contributed by atoms with Crippen LogP contribution in [0.3, 0.4) is 0 Å². The molecule has 3 aliphatic heterocycles. The largest absolute Gasteiger partial charge is 0.340 e. The first kappa shape index (κ1) is 24.4. The van der Waals surface area contributed by atoms with Gasteiger partial charge in [0.2, 0.25) is 21.8 Å². The van der Waals surface area contributed by atoms with E-state index >= 15 is 0 Å². The minimum absolute atomic E-state index is 0.102. The average molecular weight is 489 g/mol. The van der Waals surface area contributed by atoms with E-state index in [2.05, 4.69) is 4.90 Å². The molecule has 2 atom stereocenters. The van der Waals surface area contributed by atoms with E-state index in [1.54, 1.807) is 30.0 Å². The molecule has 1 aromatic carbocycles. The van der Waals surface area contributed by atoms with Crippen LogP contribution in [0.25, 0.3) is 0 Å². The van der Waals surface area contributed by atoms with Gasteiger partial charge in [-0.05, 0) is 29.7 Å². The number of rotatable bonds is 5. The molecule has 0 N–H and O–H groups in total. The van der Waals surface area contributed by atoms with Gasteiger partial charge in [-0.1, -0.05) is 26.0 Å². The summed E-state index contributed by atoms with van der Waals surface area (Å²) in [5.74, 6) is -1.30. The van der Waals surface area contributed by atoms with Crippen LogP contribution in [-0.2, 0) is 26.2 Å². The Morgan fingerprint density at radius 3 is 2.21 bits per heavy atom. The quantitative estimate of drug-likeness (QED) is 0.616. The third kappa shape index (κ3) is 4.48. The van der Waals surface area contributed by atoms with Crippen molar-refractivity contribution in [1.82, 2.24) is 19.0 Å². The molecule has 0 aromatic heterocycles. The molecule has 0 radical (unpaired) electrons. The summed E-state index contributed by atoms with van der Waals surface area (Å²) in [6, 6.07) is 6.86. The summed E-state index contributed by atoms with van der Waals surface area (Å²) in [5, 5.41) is 0. The molecule has 10 heteroatoms. The fourth-order valence-corrected chi connectivity index (χ4v) is 6.19. The van der Waals surface area contributed by atoms with Crippen molar-refractivity contribution in [1.29, 1.82) is 0 Å². The van der Waals surface area contributed by atoms with Crippen LogP contribution in [-0.4, -0.2) is 90.2 Å². The van der Waals surface area contributed by atoms with Crippen molar-refractivity contribution in [3.05, 3.63) is 47.2 Å². The first-order valence-electron chi connectivity index (χ1n) is 11.6. The lowest BCUT2D eigenvalue weighted by Crippen LogP contribution is -2.47. The lowest BCUT2D eigenvalue weighted by molar-refractivity contribution is -0.130. The first-order valence-corrected chi connectivity index (χ1v) is 13.5. The minimum atomic E-state index is -3.76. The van der Waals surface area contributed by atoms with Gasteiger partial charge in [-0.15, -0.1) is 0 Å². The van der Waals surface area contributed by atoms with Crippen molar-refractivity contribution in [3.8, 4) is 0 Å². The molecule has 3 heterocycles. The summed E-state index contributed by atoms with van der Waals surface area (Å²) in [7, 11) is -3.76. The van der Waals surface area contributed by atoms with Crippen LogP contribution in [0.4, 0.5) is 0 Å². The van der Waals surface area contributed by atoms with E-state index < -0.39 is 27.9 Å². The Morgan fingerprint density at radius 1 is 1.06 bits per heavy atom. The Bertz CT molecular complexity index is 1120. The van der Waals surface area contributed by atoms with Crippen LogP contribution in [0, 0.1) is 11.8 Å².